The van der Waals surface area contributed by atoms with Crippen LogP contribution in [-0.2, 0) is 12.6 Å². The maximum Gasteiger partial charge on any atom is 0.416 e. The SMILES string of the molecule is Fc1ccc(C(F)(F)F)cc1C(Br)Cc1ccc(Br)cc1. The third-order valence-electron chi connectivity index (χ3n) is 2.99. The van der Waals surface area contributed by atoms with Crippen LogP contribution >= 0.6 is 31.9 Å². The molecule has 0 heterocycles. The first-order chi connectivity index (χ1) is 9.77. The third kappa shape index (κ3) is 4.30. The van der Waals surface area contributed by atoms with Crippen LogP contribution in [0.5, 0.6) is 0 Å². The molecule has 0 saturated carbocycles. The Labute approximate surface area is 136 Å². The van der Waals surface area contributed by atoms with Crippen LogP contribution in [0.2, 0.25) is 0 Å². The molecule has 112 valence electrons. The molecule has 1 atom stereocenters. The molecule has 0 saturated heterocycles. The topological polar surface area (TPSA) is 0 Å². The number of alkyl halides is 4. The van der Waals surface area contributed by atoms with Gasteiger partial charge in [0.15, 0.2) is 0 Å². The zero-order chi connectivity index (χ0) is 15.6. The lowest BCUT2D eigenvalue weighted by Gasteiger charge is -2.14. The highest BCUT2D eigenvalue weighted by Gasteiger charge is 2.31. The summed E-state index contributed by atoms with van der Waals surface area (Å²) >= 11 is 6.58. The van der Waals surface area contributed by atoms with E-state index in [9.17, 15) is 17.6 Å². The molecule has 0 aliphatic carbocycles. The van der Waals surface area contributed by atoms with Gasteiger partial charge in [-0.3, -0.25) is 0 Å². The summed E-state index contributed by atoms with van der Waals surface area (Å²) in [7, 11) is 0. The molecule has 0 spiro atoms. The second kappa shape index (κ2) is 6.48. The summed E-state index contributed by atoms with van der Waals surface area (Å²) < 4.78 is 52.7. The van der Waals surface area contributed by atoms with Crippen molar-refractivity contribution in [2.24, 2.45) is 0 Å². The van der Waals surface area contributed by atoms with Crippen LogP contribution in [0.25, 0.3) is 0 Å². The Morgan fingerprint density at radius 2 is 1.62 bits per heavy atom. The lowest BCUT2D eigenvalue weighted by molar-refractivity contribution is -0.137. The molecule has 0 radical (unpaired) electrons. The van der Waals surface area contributed by atoms with Crippen molar-refractivity contribution in [3.05, 3.63) is 69.4 Å². The predicted molar refractivity (Wildman–Crippen MR) is 80.9 cm³/mol. The number of rotatable bonds is 3. The van der Waals surface area contributed by atoms with E-state index >= 15 is 0 Å². The fourth-order valence-electron chi connectivity index (χ4n) is 1.90. The van der Waals surface area contributed by atoms with Gasteiger partial charge in [-0.1, -0.05) is 44.0 Å². The zero-order valence-electron chi connectivity index (χ0n) is 10.6. The van der Waals surface area contributed by atoms with Crippen LogP contribution in [-0.4, -0.2) is 0 Å². The number of halogens is 6. The molecule has 0 N–H and O–H groups in total. The van der Waals surface area contributed by atoms with E-state index in [0.29, 0.717) is 6.42 Å². The van der Waals surface area contributed by atoms with Gasteiger partial charge in [-0.25, -0.2) is 4.39 Å². The summed E-state index contributed by atoms with van der Waals surface area (Å²) in [6.07, 6.45) is -4.09. The van der Waals surface area contributed by atoms with Gasteiger partial charge in [0.25, 0.3) is 0 Å². The average Bonchev–Trinajstić information content (AvgIpc) is 2.40. The first kappa shape index (κ1) is 16.5. The zero-order valence-corrected chi connectivity index (χ0v) is 13.8. The van der Waals surface area contributed by atoms with E-state index in [2.05, 4.69) is 31.9 Å². The van der Waals surface area contributed by atoms with Crippen LogP contribution in [0.3, 0.4) is 0 Å². The molecular weight excluding hydrogens is 416 g/mol. The molecule has 0 amide bonds. The van der Waals surface area contributed by atoms with E-state index in [0.717, 1.165) is 28.2 Å². The van der Waals surface area contributed by atoms with Gasteiger partial charge in [0, 0.05) is 14.9 Å². The third-order valence-corrected chi connectivity index (χ3v) is 4.33. The van der Waals surface area contributed by atoms with Crippen molar-refractivity contribution in [1.82, 2.24) is 0 Å². The van der Waals surface area contributed by atoms with Crippen molar-refractivity contribution in [2.45, 2.75) is 17.4 Å². The monoisotopic (exact) mass is 424 g/mol. The van der Waals surface area contributed by atoms with Crippen LogP contribution in [0.15, 0.2) is 46.9 Å². The van der Waals surface area contributed by atoms with Crippen molar-refractivity contribution in [3.63, 3.8) is 0 Å². The Kier molecular flexibility index (Phi) is 5.09. The van der Waals surface area contributed by atoms with E-state index in [-0.39, 0.29) is 5.56 Å². The first-order valence-corrected chi connectivity index (χ1v) is 7.73. The predicted octanol–water partition coefficient (Wildman–Crippen LogP) is 6.29. The molecule has 21 heavy (non-hydrogen) atoms. The Balaban J connectivity index is 2.26. The van der Waals surface area contributed by atoms with E-state index in [4.69, 9.17) is 0 Å². The van der Waals surface area contributed by atoms with E-state index < -0.39 is 22.4 Å². The van der Waals surface area contributed by atoms with Gasteiger partial charge in [0.1, 0.15) is 5.82 Å². The van der Waals surface area contributed by atoms with Crippen molar-refractivity contribution in [1.29, 1.82) is 0 Å². The van der Waals surface area contributed by atoms with Crippen molar-refractivity contribution >= 4 is 31.9 Å². The summed E-state index contributed by atoms with van der Waals surface area (Å²) in [5.41, 5.74) is 0.0591. The Morgan fingerprint density at radius 3 is 2.19 bits per heavy atom. The molecule has 6 heteroatoms. The van der Waals surface area contributed by atoms with E-state index in [1.807, 2.05) is 24.3 Å². The number of hydrogen-bond donors (Lipinski definition) is 0. The van der Waals surface area contributed by atoms with Gasteiger partial charge in [-0.15, -0.1) is 0 Å². The van der Waals surface area contributed by atoms with Gasteiger partial charge in [-0.2, -0.15) is 13.2 Å². The molecule has 0 bridgehead atoms. The largest absolute Gasteiger partial charge is 0.416 e. The fourth-order valence-corrected chi connectivity index (χ4v) is 2.89. The Morgan fingerprint density at radius 1 is 1.00 bits per heavy atom. The molecule has 2 aromatic carbocycles. The summed E-state index contributed by atoms with van der Waals surface area (Å²) in [4.78, 5) is -0.527. The van der Waals surface area contributed by atoms with Gasteiger partial charge in [0.2, 0.25) is 0 Å². The summed E-state index contributed by atoms with van der Waals surface area (Å²) in [6, 6.07) is 9.79. The van der Waals surface area contributed by atoms with E-state index in [1.54, 1.807) is 0 Å². The lowest BCUT2D eigenvalue weighted by Crippen LogP contribution is -2.08. The smallest absolute Gasteiger partial charge is 0.207 e. The van der Waals surface area contributed by atoms with Crippen LogP contribution in [0.4, 0.5) is 17.6 Å². The number of hydrogen-bond acceptors (Lipinski definition) is 0. The van der Waals surface area contributed by atoms with Crippen LogP contribution < -0.4 is 0 Å². The Hall–Kier alpha value is -0.880. The van der Waals surface area contributed by atoms with Crippen LogP contribution in [0, 0.1) is 5.82 Å². The molecule has 1 unspecified atom stereocenters. The number of benzene rings is 2. The molecule has 0 aliphatic rings. The second-order valence-corrected chi connectivity index (χ2v) is 6.55. The average molecular weight is 426 g/mol. The van der Waals surface area contributed by atoms with Gasteiger partial charge in [0.05, 0.1) is 5.56 Å². The summed E-state index contributed by atoms with van der Waals surface area (Å²) in [5.74, 6) is -0.651. The second-order valence-electron chi connectivity index (χ2n) is 4.53. The quantitative estimate of drug-likeness (QED) is 0.400. The normalized spacial score (nSPS) is 13.2. The molecule has 0 fully saturated rings. The first-order valence-electron chi connectivity index (χ1n) is 6.02. The highest BCUT2D eigenvalue weighted by Crippen LogP contribution is 2.35. The molecule has 2 rings (SSSR count). The lowest BCUT2D eigenvalue weighted by atomic mass is 10.0. The molecule has 0 aromatic heterocycles. The minimum atomic E-state index is -4.48. The molecule has 2 aromatic rings. The van der Waals surface area contributed by atoms with Crippen molar-refractivity contribution in [3.8, 4) is 0 Å². The molecule has 0 nitrogen and oxygen atoms in total. The molecule has 0 aliphatic heterocycles. The summed E-state index contributed by atoms with van der Waals surface area (Å²) in [5, 5.41) is 0. The van der Waals surface area contributed by atoms with Gasteiger partial charge in [-0.05, 0) is 42.3 Å². The van der Waals surface area contributed by atoms with Crippen molar-refractivity contribution in [2.75, 3.05) is 0 Å². The maximum absolute atomic E-state index is 13.8. The summed E-state index contributed by atoms with van der Waals surface area (Å²) in [6.45, 7) is 0. The van der Waals surface area contributed by atoms with E-state index in [1.165, 1.54) is 0 Å². The van der Waals surface area contributed by atoms with Crippen molar-refractivity contribution < 1.29 is 17.6 Å². The maximum atomic E-state index is 13.8. The van der Waals surface area contributed by atoms with Gasteiger partial charge >= 0.3 is 6.18 Å². The van der Waals surface area contributed by atoms with Gasteiger partial charge < -0.3 is 0 Å². The minimum Gasteiger partial charge on any atom is -0.207 e. The van der Waals surface area contributed by atoms with Crippen LogP contribution in [0.1, 0.15) is 21.5 Å². The Bertz CT molecular complexity index is 621. The fraction of sp³-hybridized carbons (Fsp3) is 0.200. The minimum absolute atomic E-state index is 0.00717. The molecular formula is C15H10Br2F4. The highest BCUT2D eigenvalue weighted by molar-refractivity contribution is 9.10. The highest BCUT2D eigenvalue weighted by atomic mass is 79.9. The standard InChI is InChI=1S/C15H10Br2F4/c16-11-4-1-9(2-5-11)7-13(17)12-8-10(15(19,20)21)3-6-14(12)18/h1-6,8,13H,7H2.